The van der Waals surface area contributed by atoms with Crippen LogP contribution in [-0.2, 0) is 0 Å². The predicted octanol–water partition coefficient (Wildman–Crippen LogP) is 3.33. The van der Waals surface area contributed by atoms with Crippen LogP contribution in [0.1, 0.15) is 50.4 Å². The Hall–Kier alpha value is -1.09. The number of likely N-dealkylation sites (tertiary alicyclic amines) is 1. The van der Waals surface area contributed by atoms with Crippen molar-refractivity contribution in [2.24, 2.45) is 0 Å². The van der Waals surface area contributed by atoms with Crippen LogP contribution >= 0.6 is 0 Å². The number of hydrogen-bond donors (Lipinski definition) is 0. The van der Waals surface area contributed by atoms with E-state index in [1.165, 1.54) is 31.4 Å². The molecule has 1 fully saturated rings. The molecule has 1 aromatic heterocycles. The maximum Gasteiger partial charge on any atom is 0.213 e. The van der Waals surface area contributed by atoms with Gasteiger partial charge in [-0.15, -0.1) is 0 Å². The molecule has 100 valence electrons. The van der Waals surface area contributed by atoms with Gasteiger partial charge in [0.15, 0.2) is 0 Å². The second-order valence-corrected chi connectivity index (χ2v) is 5.37. The molecule has 0 radical (unpaired) electrons. The lowest BCUT2D eigenvalue weighted by molar-refractivity contribution is 0.111. The number of methoxy groups -OCH3 is 1. The van der Waals surface area contributed by atoms with E-state index in [2.05, 4.69) is 36.7 Å². The van der Waals surface area contributed by atoms with Crippen LogP contribution in [-0.4, -0.2) is 29.6 Å². The summed E-state index contributed by atoms with van der Waals surface area (Å²) >= 11 is 0. The van der Waals surface area contributed by atoms with Crippen LogP contribution in [0.4, 0.5) is 0 Å². The zero-order chi connectivity index (χ0) is 13.1. The van der Waals surface area contributed by atoms with Crippen molar-refractivity contribution < 1.29 is 4.74 Å². The molecule has 0 amide bonds. The summed E-state index contributed by atoms with van der Waals surface area (Å²) < 4.78 is 5.19. The normalized spacial score (nSPS) is 21.3. The quantitative estimate of drug-likeness (QED) is 0.820. The molecule has 2 heterocycles. The van der Waals surface area contributed by atoms with Crippen molar-refractivity contribution in [1.82, 2.24) is 9.88 Å². The lowest BCUT2D eigenvalue weighted by atomic mass is 9.93. The molecule has 0 unspecified atom stereocenters. The first-order chi connectivity index (χ1) is 8.63. The zero-order valence-corrected chi connectivity index (χ0v) is 11.9. The summed E-state index contributed by atoms with van der Waals surface area (Å²) in [5, 5.41) is 0. The van der Waals surface area contributed by atoms with Crippen LogP contribution in [0.15, 0.2) is 12.1 Å². The second-order valence-electron chi connectivity index (χ2n) is 5.37. The third-order valence-electron chi connectivity index (χ3n) is 3.88. The minimum Gasteiger partial charge on any atom is -0.481 e. The summed E-state index contributed by atoms with van der Waals surface area (Å²) in [4.78, 5) is 7.11. The van der Waals surface area contributed by atoms with Gasteiger partial charge < -0.3 is 4.74 Å². The maximum absolute atomic E-state index is 5.19. The first kappa shape index (κ1) is 13.3. The van der Waals surface area contributed by atoms with E-state index >= 15 is 0 Å². The first-order valence-corrected chi connectivity index (χ1v) is 6.90. The van der Waals surface area contributed by atoms with Gasteiger partial charge in [0.1, 0.15) is 0 Å². The van der Waals surface area contributed by atoms with Crippen LogP contribution < -0.4 is 4.74 Å². The van der Waals surface area contributed by atoms with Gasteiger partial charge in [0.2, 0.25) is 5.88 Å². The van der Waals surface area contributed by atoms with Crippen LogP contribution in [0.2, 0.25) is 0 Å². The number of rotatable bonds is 3. The molecule has 0 N–H and O–H groups in total. The average Bonchev–Trinajstić information content (AvgIpc) is 2.38. The van der Waals surface area contributed by atoms with Gasteiger partial charge in [-0.25, -0.2) is 4.98 Å². The van der Waals surface area contributed by atoms with Gasteiger partial charge in [-0.2, -0.15) is 0 Å². The predicted molar refractivity (Wildman–Crippen MR) is 74.0 cm³/mol. The third-order valence-corrected chi connectivity index (χ3v) is 3.88. The molecule has 3 nitrogen and oxygen atoms in total. The Morgan fingerprint density at radius 1 is 1.33 bits per heavy atom. The summed E-state index contributed by atoms with van der Waals surface area (Å²) in [6, 6.07) is 5.29. The highest BCUT2D eigenvalue weighted by molar-refractivity contribution is 5.28. The van der Waals surface area contributed by atoms with Crippen molar-refractivity contribution in [1.29, 1.82) is 0 Å². The Bertz CT molecular complexity index is 403. The Morgan fingerprint density at radius 2 is 2.11 bits per heavy atom. The molecule has 18 heavy (non-hydrogen) atoms. The fourth-order valence-corrected chi connectivity index (χ4v) is 2.92. The lowest BCUT2D eigenvalue weighted by Gasteiger charge is -2.39. The highest BCUT2D eigenvalue weighted by Gasteiger charge is 2.27. The van der Waals surface area contributed by atoms with E-state index in [4.69, 9.17) is 4.74 Å². The molecule has 1 atom stereocenters. The average molecular weight is 248 g/mol. The fourth-order valence-electron chi connectivity index (χ4n) is 2.92. The third kappa shape index (κ3) is 2.66. The number of piperidine rings is 1. The first-order valence-electron chi connectivity index (χ1n) is 6.90. The number of nitrogens with zero attached hydrogens (tertiary/aromatic N) is 2. The second kappa shape index (κ2) is 5.70. The van der Waals surface area contributed by atoms with Gasteiger partial charge in [-0.05, 0) is 45.7 Å². The van der Waals surface area contributed by atoms with Gasteiger partial charge in [-0.3, -0.25) is 4.90 Å². The van der Waals surface area contributed by atoms with Crippen molar-refractivity contribution >= 4 is 0 Å². The minimum absolute atomic E-state index is 0.525. The SMILES string of the molecule is COc1ccc([C@@H]2CCCCN2C(C)C)c(C)n1. The van der Waals surface area contributed by atoms with Gasteiger partial charge in [0.25, 0.3) is 0 Å². The summed E-state index contributed by atoms with van der Waals surface area (Å²) in [6.45, 7) is 7.86. The number of aryl methyl sites for hydroxylation is 1. The van der Waals surface area contributed by atoms with Crippen molar-refractivity contribution in [3.63, 3.8) is 0 Å². The number of ether oxygens (including phenoxy) is 1. The van der Waals surface area contributed by atoms with E-state index < -0.39 is 0 Å². The van der Waals surface area contributed by atoms with Gasteiger partial charge in [0, 0.05) is 23.8 Å². The summed E-state index contributed by atoms with van der Waals surface area (Å²) in [5.41, 5.74) is 2.47. The summed E-state index contributed by atoms with van der Waals surface area (Å²) in [6.07, 6.45) is 3.88. The van der Waals surface area contributed by atoms with E-state index in [9.17, 15) is 0 Å². The molecule has 0 spiro atoms. The lowest BCUT2D eigenvalue weighted by Crippen LogP contribution is -2.38. The fraction of sp³-hybridized carbons (Fsp3) is 0.667. The topological polar surface area (TPSA) is 25.4 Å². The van der Waals surface area contributed by atoms with Crippen LogP contribution in [0.25, 0.3) is 0 Å². The van der Waals surface area contributed by atoms with Crippen LogP contribution in [0.3, 0.4) is 0 Å². The van der Waals surface area contributed by atoms with Crippen LogP contribution in [0.5, 0.6) is 5.88 Å². The molecular formula is C15H24N2O. The summed E-state index contributed by atoms with van der Waals surface area (Å²) in [5.74, 6) is 0.711. The van der Waals surface area contributed by atoms with Crippen molar-refractivity contribution in [3.05, 3.63) is 23.4 Å². The van der Waals surface area contributed by atoms with Crippen molar-refractivity contribution in [2.45, 2.75) is 52.1 Å². The highest BCUT2D eigenvalue weighted by Crippen LogP contribution is 2.34. The van der Waals surface area contributed by atoms with E-state index in [0.717, 1.165) is 5.69 Å². The molecule has 1 aliphatic heterocycles. The molecular weight excluding hydrogens is 224 g/mol. The van der Waals surface area contributed by atoms with Crippen LogP contribution in [0, 0.1) is 6.92 Å². The summed E-state index contributed by atoms with van der Waals surface area (Å²) in [7, 11) is 1.67. The van der Waals surface area contributed by atoms with Gasteiger partial charge >= 0.3 is 0 Å². The largest absolute Gasteiger partial charge is 0.481 e. The molecule has 1 aliphatic rings. The Balaban J connectivity index is 2.28. The molecule has 0 saturated carbocycles. The smallest absolute Gasteiger partial charge is 0.213 e. The number of aromatic nitrogens is 1. The Morgan fingerprint density at radius 3 is 2.72 bits per heavy atom. The highest BCUT2D eigenvalue weighted by atomic mass is 16.5. The molecule has 0 aliphatic carbocycles. The zero-order valence-electron chi connectivity index (χ0n) is 11.9. The van der Waals surface area contributed by atoms with Gasteiger partial charge in [-0.1, -0.05) is 12.5 Å². The van der Waals surface area contributed by atoms with E-state index in [1.807, 2.05) is 6.07 Å². The van der Waals surface area contributed by atoms with E-state index in [1.54, 1.807) is 7.11 Å². The molecule has 1 aromatic rings. The molecule has 3 heteroatoms. The minimum atomic E-state index is 0.525. The maximum atomic E-state index is 5.19. The Labute approximate surface area is 110 Å². The van der Waals surface area contributed by atoms with E-state index in [-0.39, 0.29) is 0 Å². The van der Waals surface area contributed by atoms with E-state index in [0.29, 0.717) is 18.0 Å². The number of hydrogen-bond acceptors (Lipinski definition) is 3. The Kier molecular flexibility index (Phi) is 4.23. The molecule has 0 aromatic carbocycles. The molecule has 0 bridgehead atoms. The van der Waals surface area contributed by atoms with Gasteiger partial charge in [0.05, 0.1) is 7.11 Å². The van der Waals surface area contributed by atoms with Crippen molar-refractivity contribution in [2.75, 3.05) is 13.7 Å². The number of pyridine rings is 1. The van der Waals surface area contributed by atoms with Crippen molar-refractivity contribution in [3.8, 4) is 5.88 Å². The molecule has 2 rings (SSSR count). The standard InChI is InChI=1S/C15H24N2O/c1-11(2)17-10-6-5-7-14(17)13-8-9-15(18-4)16-12(13)3/h8-9,11,14H,5-7,10H2,1-4H3/t14-/m0/s1. The monoisotopic (exact) mass is 248 g/mol. The molecule has 1 saturated heterocycles.